The molecule has 0 spiro atoms. The molecule has 3 N–H and O–H groups in total. The number of hydrogen-bond acceptors (Lipinski definition) is 5. The van der Waals surface area contributed by atoms with Crippen LogP contribution in [0.4, 0.5) is 0 Å². The maximum Gasteiger partial charge on any atom is 0.341 e. The Balaban J connectivity index is 2.71. The summed E-state index contributed by atoms with van der Waals surface area (Å²) in [5, 5.41) is 15.0. The van der Waals surface area contributed by atoms with Crippen LogP contribution in [0.5, 0.6) is 5.75 Å². The van der Waals surface area contributed by atoms with Crippen molar-refractivity contribution in [2.45, 2.75) is 13.3 Å². The van der Waals surface area contributed by atoms with E-state index in [-0.39, 0.29) is 5.75 Å². The number of hydrogen-bond donors (Lipinski definition) is 3. The normalized spacial score (nSPS) is 10.3. The number of carboxylic acids is 1. The zero-order valence-electron chi connectivity index (χ0n) is 12.3. The molecular weight excluding hydrogens is 326 g/mol. The van der Waals surface area contributed by atoms with Crippen molar-refractivity contribution < 1.29 is 24.2 Å². The molecule has 0 atom stereocenters. The third-order valence-electron chi connectivity index (χ3n) is 2.43. The standard InChI is InChI=1S/C14H16ClN3O5/c1-2-5-16-13(21)14(22)18-17-7-9-6-10(15)3-4-11(9)23-8-12(19)20/h3-4,6-7H,2,5,8H2,1H3,(H,16,21)(H,18,22)(H,19,20)/b17-7-. The Morgan fingerprint density at radius 2 is 2.09 bits per heavy atom. The number of aliphatic carboxylic acids is 1. The smallest absolute Gasteiger partial charge is 0.341 e. The van der Waals surface area contributed by atoms with Crippen molar-refractivity contribution in [3.8, 4) is 5.75 Å². The van der Waals surface area contributed by atoms with Crippen LogP contribution in [0.1, 0.15) is 18.9 Å². The van der Waals surface area contributed by atoms with Gasteiger partial charge in [0.25, 0.3) is 0 Å². The van der Waals surface area contributed by atoms with Crippen molar-refractivity contribution in [3.63, 3.8) is 0 Å². The summed E-state index contributed by atoms with van der Waals surface area (Å²) in [5.74, 6) is -2.61. The van der Waals surface area contributed by atoms with E-state index in [0.29, 0.717) is 23.6 Å². The summed E-state index contributed by atoms with van der Waals surface area (Å²) in [4.78, 5) is 33.3. The molecule has 9 heteroatoms. The molecule has 0 radical (unpaired) electrons. The molecule has 1 aromatic carbocycles. The summed E-state index contributed by atoms with van der Waals surface area (Å²) in [7, 11) is 0. The van der Waals surface area contributed by atoms with Crippen LogP contribution in [0.15, 0.2) is 23.3 Å². The summed E-state index contributed by atoms with van der Waals surface area (Å²) in [6.07, 6.45) is 1.91. The number of ether oxygens (including phenoxy) is 1. The lowest BCUT2D eigenvalue weighted by Gasteiger charge is -2.07. The van der Waals surface area contributed by atoms with Gasteiger partial charge >= 0.3 is 17.8 Å². The van der Waals surface area contributed by atoms with Gasteiger partial charge in [-0.25, -0.2) is 10.2 Å². The summed E-state index contributed by atoms with van der Waals surface area (Å²) >= 11 is 5.84. The Hall–Kier alpha value is -2.61. The Morgan fingerprint density at radius 1 is 1.35 bits per heavy atom. The van der Waals surface area contributed by atoms with Gasteiger partial charge in [-0.1, -0.05) is 18.5 Å². The quantitative estimate of drug-likeness (QED) is 0.385. The maximum absolute atomic E-state index is 11.4. The number of carbonyl (C=O) groups excluding carboxylic acids is 2. The van der Waals surface area contributed by atoms with E-state index in [4.69, 9.17) is 21.4 Å². The molecule has 23 heavy (non-hydrogen) atoms. The molecule has 0 aromatic heterocycles. The number of nitrogens with zero attached hydrogens (tertiary/aromatic N) is 1. The average Bonchev–Trinajstić information content (AvgIpc) is 2.51. The Kier molecular flexibility index (Phi) is 7.55. The minimum atomic E-state index is -1.14. The fourth-order valence-corrected chi connectivity index (χ4v) is 1.60. The van der Waals surface area contributed by atoms with Gasteiger partial charge in [-0.05, 0) is 24.6 Å². The van der Waals surface area contributed by atoms with Gasteiger partial charge in [0.05, 0.1) is 6.21 Å². The lowest BCUT2D eigenvalue weighted by atomic mass is 10.2. The molecule has 0 bridgehead atoms. The number of carbonyl (C=O) groups is 3. The summed E-state index contributed by atoms with van der Waals surface area (Å²) < 4.78 is 5.07. The van der Waals surface area contributed by atoms with Crippen molar-refractivity contribution >= 4 is 35.6 Å². The number of carboxylic acid groups (broad SMARTS) is 1. The summed E-state index contributed by atoms with van der Waals surface area (Å²) in [5.41, 5.74) is 2.41. The van der Waals surface area contributed by atoms with E-state index in [2.05, 4.69) is 15.8 Å². The number of amides is 2. The van der Waals surface area contributed by atoms with Crippen LogP contribution in [0.25, 0.3) is 0 Å². The molecule has 0 saturated carbocycles. The van der Waals surface area contributed by atoms with Crippen LogP contribution < -0.4 is 15.5 Å². The number of rotatable bonds is 7. The zero-order chi connectivity index (χ0) is 17.2. The number of benzene rings is 1. The fourth-order valence-electron chi connectivity index (χ4n) is 1.42. The minimum Gasteiger partial charge on any atom is -0.481 e. The lowest BCUT2D eigenvalue weighted by Crippen LogP contribution is -2.38. The van der Waals surface area contributed by atoms with E-state index in [1.807, 2.05) is 6.92 Å². The molecule has 0 aliphatic carbocycles. The highest BCUT2D eigenvalue weighted by Crippen LogP contribution is 2.21. The molecule has 8 nitrogen and oxygen atoms in total. The number of halogens is 1. The molecule has 0 unspecified atom stereocenters. The van der Waals surface area contributed by atoms with Gasteiger partial charge in [-0.15, -0.1) is 0 Å². The molecule has 0 heterocycles. The van der Waals surface area contributed by atoms with Gasteiger partial charge in [0.15, 0.2) is 6.61 Å². The second-order valence-corrected chi connectivity index (χ2v) is 4.76. The SMILES string of the molecule is CCCNC(=O)C(=O)N/N=C\c1cc(Cl)ccc1OCC(=O)O. The fraction of sp³-hybridized carbons (Fsp3) is 0.286. The lowest BCUT2D eigenvalue weighted by molar-refractivity contribution is -0.139. The number of nitrogens with one attached hydrogen (secondary N) is 2. The Bertz CT molecular complexity index is 618. The van der Waals surface area contributed by atoms with Gasteiger partial charge in [0.1, 0.15) is 5.75 Å². The van der Waals surface area contributed by atoms with Crippen LogP contribution >= 0.6 is 11.6 Å². The van der Waals surface area contributed by atoms with E-state index < -0.39 is 24.4 Å². The van der Waals surface area contributed by atoms with Crippen molar-refractivity contribution in [1.82, 2.24) is 10.7 Å². The van der Waals surface area contributed by atoms with Crippen LogP contribution in [0.2, 0.25) is 5.02 Å². The molecule has 1 aromatic rings. The van der Waals surface area contributed by atoms with Crippen LogP contribution in [0, 0.1) is 0 Å². The number of hydrazone groups is 1. The second kappa shape index (κ2) is 9.42. The highest BCUT2D eigenvalue weighted by Gasteiger charge is 2.11. The van der Waals surface area contributed by atoms with Crippen molar-refractivity contribution in [2.24, 2.45) is 5.10 Å². The van der Waals surface area contributed by atoms with Crippen molar-refractivity contribution in [3.05, 3.63) is 28.8 Å². The molecule has 0 aliphatic heterocycles. The molecule has 2 amide bonds. The van der Waals surface area contributed by atoms with Gasteiger partial charge in [-0.3, -0.25) is 9.59 Å². The van der Waals surface area contributed by atoms with Crippen LogP contribution in [0.3, 0.4) is 0 Å². The third-order valence-corrected chi connectivity index (χ3v) is 2.67. The minimum absolute atomic E-state index is 0.227. The van der Waals surface area contributed by atoms with Crippen LogP contribution in [-0.4, -0.2) is 42.3 Å². The molecule has 0 fully saturated rings. The van der Waals surface area contributed by atoms with Crippen molar-refractivity contribution in [1.29, 1.82) is 0 Å². The second-order valence-electron chi connectivity index (χ2n) is 4.32. The van der Waals surface area contributed by atoms with E-state index in [1.165, 1.54) is 24.4 Å². The molecule has 0 aliphatic rings. The van der Waals surface area contributed by atoms with E-state index in [9.17, 15) is 14.4 Å². The monoisotopic (exact) mass is 341 g/mol. The molecule has 0 saturated heterocycles. The highest BCUT2D eigenvalue weighted by molar-refractivity contribution is 6.35. The van der Waals surface area contributed by atoms with Gasteiger partial charge in [-0.2, -0.15) is 5.10 Å². The first-order valence-corrected chi connectivity index (χ1v) is 7.07. The first-order valence-electron chi connectivity index (χ1n) is 6.69. The van der Waals surface area contributed by atoms with Gasteiger partial charge in [0.2, 0.25) is 0 Å². The maximum atomic E-state index is 11.4. The summed E-state index contributed by atoms with van der Waals surface area (Å²) in [6.45, 7) is 1.71. The first kappa shape index (κ1) is 18.4. The van der Waals surface area contributed by atoms with E-state index >= 15 is 0 Å². The van der Waals surface area contributed by atoms with Gasteiger partial charge in [0, 0.05) is 17.1 Å². The average molecular weight is 342 g/mol. The molecule has 124 valence electrons. The zero-order valence-corrected chi connectivity index (χ0v) is 13.1. The van der Waals surface area contributed by atoms with E-state index in [0.717, 1.165) is 0 Å². The predicted molar refractivity (Wildman–Crippen MR) is 83.6 cm³/mol. The van der Waals surface area contributed by atoms with Crippen LogP contribution in [-0.2, 0) is 14.4 Å². The predicted octanol–water partition coefficient (Wildman–Crippen LogP) is 0.780. The molecular formula is C14H16ClN3O5. The Labute approximate surface area is 137 Å². The first-order chi connectivity index (χ1) is 10.9. The molecule has 1 rings (SSSR count). The Morgan fingerprint density at radius 3 is 2.74 bits per heavy atom. The van der Waals surface area contributed by atoms with Crippen molar-refractivity contribution in [2.75, 3.05) is 13.2 Å². The van der Waals surface area contributed by atoms with E-state index in [1.54, 1.807) is 0 Å². The highest BCUT2D eigenvalue weighted by atomic mass is 35.5. The summed E-state index contributed by atoms with van der Waals surface area (Å²) in [6, 6.07) is 4.47. The largest absolute Gasteiger partial charge is 0.481 e. The topological polar surface area (TPSA) is 117 Å². The third kappa shape index (κ3) is 6.79. The van der Waals surface area contributed by atoms with Gasteiger partial charge < -0.3 is 15.2 Å².